The lowest BCUT2D eigenvalue weighted by Crippen LogP contribution is -2.29. The Morgan fingerprint density at radius 2 is 1.13 bits per heavy atom. The Labute approximate surface area is 440 Å². The van der Waals surface area contributed by atoms with Crippen molar-refractivity contribution in [3.05, 3.63) is 196 Å². The van der Waals surface area contributed by atoms with Gasteiger partial charge in [0.15, 0.2) is 69.3 Å². The summed E-state index contributed by atoms with van der Waals surface area (Å²) in [5, 5.41) is 41.7. The molecule has 4 aromatic carbocycles. The minimum Gasteiger partial charge on any atom is -0.382 e. The number of nitrogens with two attached hydrogens (primary N) is 3. The van der Waals surface area contributed by atoms with Crippen LogP contribution in [0.5, 0.6) is 0 Å². The lowest BCUT2D eigenvalue weighted by Gasteiger charge is -2.16. The molecule has 2 amide bonds. The van der Waals surface area contributed by atoms with Crippen LogP contribution in [-0.2, 0) is 13.1 Å². The van der Waals surface area contributed by atoms with Gasteiger partial charge in [0.05, 0.1) is 36.4 Å². The van der Waals surface area contributed by atoms with E-state index < -0.39 is 47.2 Å². The number of hydrogen-bond acceptors (Lipinski definition) is 17. The second kappa shape index (κ2) is 23.5. The number of nitriles is 2. The topological polar surface area (TPSA) is 339 Å². The van der Waals surface area contributed by atoms with E-state index in [9.17, 15) is 37.7 Å². The molecule has 0 saturated carbocycles. The first kappa shape index (κ1) is 53.3. The van der Waals surface area contributed by atoms with Gasteiger partial charge in [0.25, 0.3) is 11.8 Å². The molecule has 5 aromatic heterocycles. The zero-order chi connectivity index (χ0) is 55.6. The number of rotatable bonds is 15. The summed E-state index contributed by atoms with van der Waals surface area (Å²) in [5.74, 6) is -4.87. The molecule has 0 aliphatic carbocycles. The number of anilines is 4. The number of nitrogens with zero attached hydrogens (tertiary/aromatic N) is 11. The molecule has 0 aliphatic rings. The number of halogens is 4. The maximum atomic E-state index is 13.6. The number of hydrogen-bond donors (Lipinski definition) is 8. The predicted molar refractivity (Wildman–Crippen MR) is 278 cm³/mol. The molecular formula is C53H43F4N19O2. The summed E-state index contributed by atoms with van der Waals surface area (Å²) in [4.78, 5) is 55.0. The Balaban J connectivity index is 0.000000206. The molecule has 2 atom stereocenters. The van der Waals surface area contributed by atoms with Crippen molar-refractivity contribution in [1.29, 1.82) is 15.9 Å². The maximum absolute atomic E-state index is 13.6. The van der Waals surface area contributed by atoms with Gasteiger partial charge in [0, 0.05) is 30.4 Å². The van der Waals surface area contributed by atoms with Crippen molar-refractivity contribution in [3.8, 4) is 34.5 Å². The van der Waals surface area contributed by atoms with Gasteiger partial charge in [0.1, 0.15) is 35.5 Å². The fourth-order valence-electron chi connectivity index (χ4n) is 7.64. The molecule has 21 nitrogen and oxygen atoms in total. The van der Waals surface area contributed by atoms with Crippen molar-refractivity contribution >= 4 is 46.4 Å². The van der Waals surface area contributed by atoms with Crippen molar-refractivity contribution in [2.75, 3.05) is 22.1 Å². The van der Waals surface area contributed by atoms with Gasteiger partial charge >= 0.3 is 0 Å². The SMILES string of the molecule is CC(NC(=O)c1nc(C#N)cnc1NCc1ccc(-c2ccn3ncnc(N)c23)cc1)c1ccc(F)c(F)c1.CC(NC(=O)c1nc(C#N)cnc1NCc1ccc(-c2cnc(N)c(C(=N)N)n2)cc1)c1ccc(F)c(F)c1. The highest BCUT2D eigenvalue weighted by Gasteiger charge is 2.22. The zero-order valence-electron chi connectivity index (χ0n) is 41.1. The number of aromatic nitrogens is 9. The van der Waals surface area contributed by atoms with Gasteiger partial charge in [-0.05, 0) is 72.0 Å². The third-order valence-corrected chi connectivity index (χ3v) is 11.8. The molecule has 0 spiro atoms. The van der Waals surface area contributed by atoms with Crippen molar-refractivity contribution in [3.63, 3.8) is 0 Å². The summed E-state index contributed by atoms with van der Waals surface area (Å²) in [6, 6.07) is 25.9. The second-order valence-electron chi connectivity index (χ2n) is 17.0. The van der Waals surface area contributed by atoms with E-state index in [4.69, 9.17) is 22.6 Å². The van der Waals surface area contributed by atoms with E-state index in [2.05, 4.69) is 61.3 Å². The van der Waals surface area contributed by atoms with Crippen LogP contribution >= 0.6 is 0 Å². The van der Waals surface area contributed by atoms with Crippen molar-refractivity contribution in [2.45, 2.75) is 39.0 Å². The number of nitrogens with one attached hydrogen (secondary N) is 5. The van der Waals surface area contributed by atoms with E-state index in [-0.39, 0.29) is 58.3 Å². The molecule has 0 fully saturated rings. The first-order valence-electron chi connectivity index (χ1n) is 23.3. The lowest BCUT2D eigenvalue weighted by atomic mass is 10.1. The van der Waals surface area contributed by atoms with E-state index >= 15 is 0 Å². The van der Waals surface area contributed by atoms with Crippen LogP contribution in [-0.4, -0.2) is 62.2 Å². The van der Waals surface area contributed by atoms with Crippen LogP contribution in [0.4, 0.5) is 40.8 Å². The van der Waals surface area contributed by atoms with E-state index in [0.29, 0.717) is 34.7 Å². The molecule has 78 heavy (non-hydrogen) atoms. The number of nitrogen functional groups attached to an aromatic ring is 3. The highest BCUT2D eigenvalue weighted by atomic mass is 19.2. The molecule has 2 unspecified atom stereocenters. The van der Waals surface area contributed by atoms with E-state index in [0.717, 1.165) is 52.1 Å². The maximum Gasteiger partial charge on any atom is 0.274 e. The number of benzene rings is 4. The van der Waals surface area contributed by atoms with Crippen molar-refractivity contribution in [1.82, 2.24) is 55.1 Å². The first-order chi connectivity index (χ1) is 37.5. The van der Waals surface area contributed by atoms with Crippen molar-refractivity contribution in [2.24, 2.45) is 5.73 Å². The summed E-state index contributed by atoms with van der Waals surface area (Å²) in [7, 11) is 0. The zero-order valence-corrected chi connectivity index (χ0v) is 41.1. The first-order valence-corrected chi connectivity index (χ1v) is 23.3. The van der Waals surface area contributed by atoms with Crippen LogP contribution in [0, 0.1) is 51.3 Å². The number of amides is 2. The van der Waals surface area contributed by atoms with Crippen LogP contribution in [0.15, 0.2) is 122 Å². The monoisotopic (exact) mass is 1050 g/mol. The lowest BCUT2D eigenvalue weighted by molar-refractivity contribution is 0.0927. The molecular weight excluding hydrogens is 1010 g/mol. The summed E-state index contributed by atoms with van der Waals surface area (Å²) < 4.78 is 55.5. The molecule has 390 valence electrons. The largest absolute Gasteiger partial charge is 0.382 e. The predicted octanol–water partition coefficient (Wildman–Crippen LogP) is 7.07. The number of fused-ring (bicyclic) bond motifs is 1. The summed E-state index contributed by atoms with van der Waals surface area (Å²) >= 11 is 0. The summed E-state index contributed by atoms with van der Waals surface area (Å²) in [6.07, 6.45) is 7.17. The molecule has 9 rings (SSSR count). The van der Waals surface area contributed by atoms with Gasteiger partial charge in [-0.2, -0.15) is 15.6 Å². The average molecular weight is 1050 g/mol. The third kappa shape index (κ3) is 12.3. The van der Waals surface area contributed by atoms with E-state index in [1.54, 1.807) is 30.5 Å². The molecule has 5 heterocycles. The normalized spacial score (nSPS) is 11.5. The van der Waals surface area contributed by atoms with Crippen LogP contribution < -0.4 is 38.5 Å². The second-order valence-corrected chi connectivity index (χ2v) is 17.0. The molecule has 0 bridgehead atoms. The van der Waals surface area contributed by atoms with Crippen LogP contribution in [0.25, 0.3) is 27.9 Å². The molecule has 0 saturated heterocycles. The Hall–Kier alpha value is -11.0. The third-order valence-electron chi connectivity index (χ3n) is 11.8. The Bertz CT molecular complexity index is 3830. The highest BCUT2D eigenvalue weighted by molar-refractivity contribution is 5.98. The van der Waals surface area contributed by atoms with Gasteiger partial charge in [-0.25, -0.2) is 57.0 Å². The molecule has 9 aromatic rings. The minimum atomic E-state index is -1.03. The van der Waals surface area contributed by atoms with E-state index in [1.807, 2.05) is 60.8 Å². The fraction of sp³-hybridized carbons (Fsp3) is 0.113. The van der Waals surface area contributed by atoms with Crippen molar-refractivity contribution < 1.29 is 27.2 Å². The molecule has 25 heteroatoms. The number of amidine groups is 1. The highest BCUT2D eigenvalue weighted by Crippen LogP contribution is 2.29. The fourth-order valence-corrected chi connectivity index (χ4v) is 7.64. The number of carbonyl (C=O) groups excluding carboxylic acids is 2. The van der Waals surface area contributed by atoms with Gasteiger partial charge in [-0.15, -0.1) is 0 Å². The number of carbonyl (C=O) groups is 2. The van der Waals surface area contributed by atoms with Gasteiger partial charge < -0.3 is 38.5 Å². The van der Waals surface area contributed by atoms with Crippen LogP contribution in [0.3, 0.4) is 0 Å². The Morgan fingerprint density at radius 3 is 1.60 bits per heavy atom. The Morgan fingerprint density at radius 1 is 0.628 bits per heavy atom. The van der Waals surface area contributed by atoms with E-state index in [1.165, 1.54) is 37.1 Å². The Kier molecular flexibility index (Phi) is 16.1. The molecule has 0 aliphatic heterocycles. The average Bonchev–Trinajstić information content (AvgIpc) is 3.93. The standard InChI is InChI=1S/C27H21F2N9O.C26H22F2N10O/c1-15(18-6-7-21(28)22(29)10-18)36-27(39)23-26(33-13-19(11-30)37-23)32-12-16-2-4-17(5-3-16)20-8-9-38-24(20)25(31)34-14-35-38;1-13(16-6-7-18(27)19(28)8-16)36-26(39)22-25(35-11-17(9-29)37-22)34-10-14-2-4-15(5-3-14)20-12-33-24(32)21(38-20)23(30)31/h2-10,13-15H,12H2,1H3,(H,32,33)(H,36,39)(H2,31,34,35);2-8,11-13H,10H2,1H3,(H3,30,31)(H2,32,33)(H,34,35)(H,36,39). The van der Waals surface area contributed by atoms with Crippen LogP contribution in [0.2, 0.25) is 0 Å². The summed E-state index contributed by atoms with van der Waals surface area (Å²) in [5.41, 5.74) is 23.2. The van der Waals surface area contributed by atoms with Gasteiger partial charge in [0.2, 0.25) is 0 Å². The van der Waals surface area contributed by atoms with Crippen LogP contribution in [0.1, 0.15) is 86.2 Å². The van der Waals surface area contributed by atoms with Gasteiger partial charge in [-0.3, -0.25) is 15.0 Å². The van der Waals surface area contributed by atoms with Gasteiger partial charge in [-0.1, -0.05) is 60.7 Å². The molecule has 11 N–H and O–H groups in total. The quantitative estimate of drug-likeness (QED) is 0.0289. The smallest absolute Gasteiger partial charge is 0.274 e. The summed E-state index contributed by atoms with van der Waals surface area (Å²) in [6.45, 7) is 3.79. The molecule has 0 radical (unpaired) electrons. The minimum absolute atomic E-state index is 0.0430.